The van der Waals surface area contributed by atoms with Crippen molar-refractivity contribution in [1.29, 1.82) is 0 Å². The molecular formula is C25H27F3N4O3. The molecule has 7 nitrogen and oxygen atoms in total. The summed E-state index contributed by atoms with van der Waals surface area (Å²) >= 11 is 0. The highest BCUT2D eigenvalue weighted by Crippen LogP contribution is 2.34. The van der Waals surface area contributed by atoms with E-state index in [1.807, 2.05) is 30.3 Å². The van der Waals surface area contributed by atoms with Crippen LogP contribution in [0.3, 0.4) is 0 Å². The van der Waals surface area contributed by atoms with Gasteiger partial charge in [0, 0.05) is 38.4 Å². The van der Waals surface area contributed by atoms with E-state index in [9.17, 15) is 18.0 Å². The van der Waals surface area contributed by atoms with Crippen molar-refractivity contribution in [3.63, 3.8) is 0 Å². The normalized spacial score (nSPS) is 15.5. The smallest absolute Gasteiger partial charge is 0.418 e. The first kappa shape index (κ1) is 24.5. The van der Waals surface area contributed by atoms with Gasteiger partial charge in [-0.2, -0.15) is 13.2 Å². The highest BCUT2D eigenvalue weighted by Gasteiger charge is 2.34. The molecule has 1 aromatic heterocycles. The number of amides is 2. The summed E-state index contributed by atoms with van der Waals surface area (Å²) in [6.07, 6.45) is -3.00. The van der Waals surface area contributed by atoms with E-state index < -0.39 is 17.8 Å². The van der Waals surface area contributed by atoms with E-state index in [-0.39, 0.29) is 18.3 Å². The standard InChI is InChI=1S/C25H27F3N4O3/c1-34-19-10-8-18(9-11-19)31-12-14-32(15-13-31)22(23-7-4-16-35-23)17-29-24(33)30-21-6-3-2-5-20(21)25(26,27)28/h2-11,16,22H,12-15,17H2,1H3,(H2,29,30,33). The third-order valence-corrected chi connectivity index (χ3v) is 6.00. The number of piperazine rings is 1. The average molecular weight is 489 g/mol. The van der Waals surface area contributed by atoms with Gasteiger partial charge in [0.25, 0.3) is 0 Å². The minimum absolute atomic E-state index is 0.177. The van der Waals surface area contributed by atoms with Crippen molar-refractivity contribution in [2.45, 2.75) is 12.2 Å². The Morgan fingerprint density at radius 1 is 1.03 bits per heavy atom. The first-order chi connectivity index (χ1) is 16.8. The molecule has 1 fully saturated rings. The van der Waals surface area contributed by atoms with Crippen molar-refractivity contribution < 1.29 is 27.1 Å². The van der Waals surface area contributed by atoms with Crippen LogP contribution in [0, 0.1) is 0 Å². The molecule has 1 aliphatic heterocycles. The number of para-hydroxylation sites is 1. The first-order valence-electron chi connectivity index (χ1n) is 11.2. The van der Waals surface area contributed by atoms with E-state index in [0.29, 0.717) is 5.76 Å². The number of hydrogen-bond donors (Lipinski definition) is 2. The maximum absolute atomic E-state index is 13.2. The Morgan fingerprint density at radius 2 is 1.74 bits per heavy atom. The summed E-state index contributed by atoms with van der Waals surface area (Å²) < 4.78 is 50.5. The SMILES string of the molecule is COc1ccc(N2CCN(C(CNC(=O)Nc3ccccc3C(F)(F)F)c3ccco3)CC2)cc1. The van der Waals surface area contributed by atoms with Crippen molar-refractivity contribution >= 4 is 17.4 Å². The van der Waals surface area contributed by atoms with Gasteiger partial charge in [-0.15, -0.1) is 0 Å². The largest absolute Gasteiger partial charge is 0.497 e. The van der Waals surface area contributed by atoms with E-state index in [2.05, 4.69) is 20.4 Å². The number of ether oxygens (including phenoxy) is 1. The fraction of sp³-hybridized carbons (Fsp3) is 0.320. The number of benzene rings is 2. The van der Waals surface area contributed by atoms with E-state index in [0.717, 1.165) is 43.7 Å². The van der Waals surface area contributed by atoms with Crippen LogP contribution in [0.2, 0.25) is 0 Å². The van der Waals surface area contributed by atoms with Gasteiger partial charge in [0.1, 0.15) is 11.5 Å². The fourth-order valence-corrected chi connectivity index (χ4v) is 4.17. The van der Waals surface area contributed by atoms with E-state index in [4.69, 9.17) is 9.15 Å². The van der Waals surface area contributed by atoms with Crippen LogP contribution in [-0.2, 0) is 6.18 Å². The number of furan rings is 1. The number of halogens is 3. The highest BCUT2D eigenvalue weighted by molar-refractivity contribution is 5.90. The maximum Gasteiger partial charge on any atom is 0.418 e. The quantitative estimate of drug-likeness (QED) is 0.490. The Labute approximate surface area is 201 Å². The van der Waals surface area contributed by atoms with E-state index in [1.54, 1.807) is 19.4 Å². The summed E-state index contributed by atoms with van der Waals surface area (Å²) in [5.41, 5.74) is -0.0895. The van der Waals surface area contributed by atoms with Crippen molar-refractivity contribution in [3.8, 4) is 5.75 Å². The van der Waals surface area contributed by atoms with Crippen LogP contribution in [0.1, 0.15) is 17.4 Å². The molecule has 1 unspecified atom stereocenters. The predicted molar refractivity (Wildman–Crippen MR) is 127 cm³/mol. The number of urea groups is 1. The van der Waals surface area contributed by atoms with Gasteiger partial charge in [-0.25, -0.2) is 4.79 Å². The maximum atomic E-state index is 13.2. The van der Waals surface area contributed by atoms with Crippen LogP contribution >= 0.6 is 0 Å². The van der Waals surface area contributed by atoms with E-state index >= 15 is 0 Å². The van der Waals surface area contributed by atoms with Crippen LogP contribution in [0.25, 0.3) is 0 Å². The molecule has 1 saturated heterocycles. The predicted octanol–water partition coefficient (Wildman–Crippen LogP) is 4.99. The number of nitrogens with zero attached hydrogens (tertiary/aromatic N) is 2. The van der Waals surface area contributed by atoms with Gasteiger partial charge in [-0.3, -0.25) is 4.90 Å². The molecule has 0 spiro atoms. The molecule has 0 saturated carbocycles. The Hall–Kier alpha value is -3.66. The van der Waals surface area contributed by atoms with Crippen LogP contribution < -0.4 is 20.3 Å². The van der Waals surface area contributed by atoms with Crippen molar-refractivity contribution in [2.75, 3.05) is 50.1 Å². The zero-order valence-corrected chi connectivity index (χ0v) is 19.2. The topological polar surface area (TPSA) is 70.0 Å². The molecule has 0 aliphatic carbocycles. The third-order valence-electron chi connectivity index (χ3n) is 6.00. The summed E-state index contributed by atoms with van der Waals surface area (Å²) in [5.74, 6) is 1.48. The Morgan fingerprint density at radius 3 is 2.37 bits per heavy atom. The lowest BCUT2D eigenvalue weighted by Crippen LogP contribution is -2.50. The van der Waals surface area contributed by atoms with Gasteiger partial charge < -0.3 is 24.7 Å². The molecule has 35 heavy (non-hydrogen) atoms. The number of carbonyl (C=O) groups is 1. The molecule has 2 amide bonds. The summed E-state index contributed by atoms with van der Waals surface area (Å²) in [7, 11) is 1.63. The number of nitrogens with one attached hydrogen (secondary N) is 2. The molecule has 186 valence electrons. The van der Waals surface area contributed by atoms with Crippen molar-refractivity contribution in [3.05, 3.63) is 78.3 Å². The number of hydrogen-bond acceptors (Lipinski definition) is 5. The van der Waals surface area contributed by atoms with Crippen LogP contribution in [0.15, 0.2) is 71.3 Å². The summed E-state index contributed by atoms with van der Waals surface area (Å²) in [5, 5.41) is 5.03. The molecule has 1 atom stereocenters. The van der Waals surface area contributed by atoms with Gasteiger partial charge in [-0.1, -0.05) is 12.1 Å². The van der Waals surface area contributed by atoms with Gasteiger partial charge >= 0.3 is 12.2 Å². The lowest BCUT2D eigenvalue weighted by Gasteiger charge is -2.39. The Kier molecular flexibility index (Phi) is 7.50. The summed E-state index contributed by atoms with van der Waals surface area (Å²) in [6.45, 7) is 3.16. The summed E-state index contributed by atoms with van der Waals surface area (Å²) in [6, 6.07) is 15.4. The second-order valence-electron chi connectivity index (χ2n) is 8.13. The summed E-state index contributed by atoms with van der Waals surface area (Å²) in [4.78, 5) is 16.9. The van der Waals surface area contributed by atoms with Gasteiger partial charge in [0.2, 0.25) is 0 Å². The number of anilines is 2. The molecular weight excluding hydrogens is 461 g/mol. The monoisotopic (exact) mass is 488 g/mol. The fourth-order valence-electron chi connectivity index (χ4n) is 4.17. The molecule has 3 aromatic rings. The number of alkyl halides is 3. The Balaban J connectivity index is 1.38. The number of carbonyl (C=O) groups excluding carboxylic acids is 1. The number of methoxy groups -OCH3 is 1. The Bertz CT molecular complexity index is 1100. The zero-order chi connectivity index (χ0) is 24.8. The molecule has 10 heteroatoms. The number of rotatable bonds is 7. The second kappa shape index (κ2) is 10.7. The zero-order valence-electron chi connectivity index (χ0n) is 19.2. The van der Waals surface area contributed by atoms with Crippen LogP contribution in [0.4, 0.5) is 29.3 Å². The second-order valence-corrected chi connectivity index (χ2v) is 8.13. The first-order valence-corrected chi connectivity index (χ1v) is 11.2. The highest BCUT2D eigenvalue weighted by atomic mass is 19.4. The average Bonchev–Trinajstić information content (AvgIpc) is 3.39. The molecule has 0 bridgehead atoms. The molecule has 0 radical (unpaired) electrons. The van der Waals surface area contributed by atoms with Gasteiger partial charge in [0.05, 0.1) is 30.7 Å². The van der Waals surface area contributed by atoms with Crippen LogP contribution in [0.5, 0.6) is 5.75 Å². The molecule has 2 N–H and O–H groups in total. The lowest BCUT2D eigenvalue weighted by molar-refractivity contribution is -0.136. The van der Waals surface area contributed by atoms with Crippen molar-refractivity contribution in [2.24, 2.45) is 0 Å². The van der Waals surface area contributed by atoms with Gasteiger partial charge in [0.15, 0.2) is 0 Å². The molecule has 2 aromatic carbocycles. The lowest BCUT2D eigenvalue weighted by atomic mass is 10.1. The minimum atomic E-state index is -4.57. The molecule has 4 rings (SSSR count). The van der Waals surface area contributed by atoms with E-state index in [1.165, 1.54) is 18.2 Å². The van der Waals surface area contributed by atoms with Crippen molar-refractivity contribution in [1.82, 2.24) is 10.2 Å². The molecule has 2 heterocycles. The van der Waals surface area contributed by atoms with Gasteiger partial charge in [-0.05, 0) is 48.5 Å². The third kappa shape index (κ3) is 6.07. The molecule has 1 aliphatic rings. The van der Waals surface area contributed by atoms with Crippen LogP contribution in [-0.4, -0.2) is 50.8 Å². The minimum Gasteiger partial charge on any atom is -0.497 e.